The molecule has 0 fully saturated rings. The summed E-state index contributed by atoms with van der Waals surface area (Å²) in [4.78, 5) is 39.3. The smallest absolute Gasteiger partial charge is 0.338 e. The molecule has 29 heavy (non-hydrogen) atoms. The third-order valence-electron chi connectivity index (χ3n) is 3.84. The number of anilines is 1. The SMILES string of the molecule is CCOC(=O)c1ccc2nc(NC(=O)c3ccc(OCC)c([N+](=O)[O-])c3)sc2c1. The third-order valence-corrected chi connectivity index (χ3v) is 4.77. The molecule has 2 aromatic carbocycles. The van der Waals surface area contributed by atoms with Gasteiger partial charge in [-0.3, -0.25) is 20.2 Å². The number of hydrogen-bond donors (Lipinski definition) is 1. The first-order chi connectivity index (χ1) is 13.9. The number of amides is 1. The van der Waals surface area contributed by atoms with E-state index in [-0.39, 0.29) is 30.2 Å². The summed E-state index contributed by atoms with van der Waals surface area (Å²) in [5.74, 6) is -0.878. The van der Waals surface area contributed by atoms with Crippen LogP contribution in [0.1, 0.15) is 34.6 Å². The molecule has 0 unspecified atom stereocenters. The lowest BCUT2D eigenvalue weighted by Crippen LogP contribution is -2.12. The number of fused-ring (bicyclic) bond motifs is 1. The molecule has 0 saturated heterocycles. The van der Waals surface area contributed by atoms with Gasteiger partial charge in [0.1, 0.15) is 0 Å². The number of hydrogen-bond acceptors (Lipinski definition) is 8. The third kappa shape index (κ3) is 4.49. The summed E-state index contributed by atoms with van der Waals surface area (Å²) in [5, 5.41) is 14.2. The zero-order valence-corrected chi connectivity index (χ0v) is 16.4. The largest absolute Gasteiger partial charge is 0.487 e. The first kappa shape index (κ1) is 20.2. The van der Waals surface area contributed by atoms with Gasteiger partial charge in [0.25, 0.3) is 5.91 Å². The van der Waals surface area contributed by atoms with Gasteiger partial charge in [0.2, 0.25) is 0 Å². The maximum atomic E-state index is 12.5. The summed E-state index contributed by atoms with van der Waals surface area (Å²) >= 11 is 1.18. The van der Waals surface area contributed by atoms with Crippen molar-refractivity contribution in [2.75, 3.05) is 18.5 Å². The van der Waals surface area contributed by atoms with Crippen LogP contribution in [0.15, 0.2) is 36.4 Å². The minimum atomic E-state index is -0.601. The van der Waals surface area contributed by atoms with Crippen LogP contribution in [0.25, 0.3) is 10.2 Å². The lowest BCUT2D eigenvalue weighted by molar-refractivity contribution is -0.385. The van der Waals surface area contributed by atoms with Crippen LogP contribution in [0.2, 0.25) is 0 Å². The van der Waals surface area contributed by atoms with Crippen LogP contribution in [0.4, 0.5) is 10.8 Å². The standard InChI is InChI=1S/C19H17N3O6S/c1-3-27-15-8-6-11(9-14(15)22(25)26)17(23)21-19-20-13-7-5-12(10-16(13)29-19)18(24)28-4-2/h5-10H,3-4H2,1-2H3,(H,20,21,23). The highest BCUT2D eigenvalue weighted by molar-refractivity contribution is 7.22. The lowest BCUT2D eigenvalue weighted by atomic mass is 10.1. The molecular formula is C19H17N3O6S. The van der Waals surface area contributed by atoms with Crippen molar-refractivity contribution in [2.45, 2.75) is 13.8 Å². The van der Waals surface area contributed by atoms with E-state index in [1.54, 1.807) is 32.0 Å². The van der Waals surface area contributed by atoms with Gasteiger partial charge >= 0.3 is 11.7 Å². The van der Waals surface area contributed by atoms with E-state index in [0.717, 1.165) is 6.07 Å². The number of esters is 1. The predicted molar refractivity (Wildman–Crippen MR) is 108 cm³/mol. The molecule has 150 valence electrons. The van der Waals surface area contributed by atoms with Crippen molar-refractivity contribution in [3.63, 3.8) is 0 Å². The maximum Gasteiger partial charge on any atom is 0.338 e. The average Bonchev–Trinajstić information content (AvgIpc) is 3.09. The average molecular weight is 415 g/mol. The second-order valence-corrected chi connectivity index (χ2v) is 6.78. The quantitative estimate of drug-likeness (QED) is 0.351. The number of benzene rings is 2. The Morgan fingerprint density at radius 2 is 1.90 bits per heavy atom. The van der Waals surface area contributed by atoms with Crippen LogP contribution in [0, 0.1) is 10.1 Å². The fourth-order valence-electron chi connectivity index (χ4n) is 2.57. The first-order valence-electron chi connectivity index (χ1n) is 8.73. The number of carbonyl (C=O) groups is 2. The van der Waals surface area contributed by atoms with Gasteiger partial charge in [0.05, 0.1) is 33.9 Å². The van der Waals surface area contributed by atoms with Crippen LogP contribution in [0.5, 0.6) is 5.75 Å². The van der Waals surface area contributed by atoms with E-state index in [9.17, 15) is 19.7 Å². The van der Waals surface area contributed by atoms with Crippen molar-refractivity contribution in [3.8, 4) is 5.75 Å². The molecule has 0 aliphatic heterocycles. The van der Waals surface area contributed by atoms with Gasteiger partial charge in [-0.05, 0) is 44.2 Å². The fraction of sp³-hybridized carbons (Fsp3) is 0.211. The van der Waals surface area contributed by atoms with Crippen molar-refractivity contribution in [1.29, 1.82) is 0 Å². The Hall–Kier alpha value is -3.53. The Kier molecular flexibility index (Phi) is 6.03. The molecule has 0 bridgehead atoms. The Bertz CT molecular complexity index is 1090. The van der Waals surface area contributed by atoms with Crippen LogP contribution < -0.4 is 10.1 Å². The van der Waals surface area contributed by atoms with E-state index in [4.69, 9.17) is 9.47 Å². The summed E-state index contributed by atoms with van der Waals surface area (Å²) in [6, 6.07) is 8.89. The number of nitrogens with one attached hydrogen (secondary N) is 1. The number of thiazole rings is 1. The number of aromatic nitrogens is 1. The van der Waals surface area contributed by atoms with Gasteiger partial charge in [-0.25, -0.2) is 9.78 Å². The first-order valence-corrected chi connectivity index (χ1v) is 9.54. The van der Waals surface area contributed by atoms with E-state index in [2.05, 4.69) is 10.3 Å². The van der Waals surface area contributed by atoms with Crippen LogP contribution in [-0.4, -0.2) is 35.0 Å². The Morgan fingerprint density at radius 3 is 2.59 bits per heavy atom. The van der Waals surface area contributed by atoms with Crippen molar-refractivity contribution >= 4 is 44.2 Å². The number of carbonyl (C=O) groups excluding carboxylic acids is 2. The highest BCUT2D eigenvalue weighted by atomic mass is 32.1. The molecule has 1 heterocycles. The normalized spacial score (nSPS) is 10.6. The molecule has 0 spiro atoms. The molecule has 10 heteroatoms. The number of nitro groups is 1. The lowest BCUT2D eigenvalue weighted by Gasteiger charge is -2.06. The monoisotopic (exact) mass is 415 g/mol. The Balaban J connectivity index is 1.83. The van der Waals surface area contributed by atoms with Gasteiger partial charge in [-0.1, -0.05) is 11.3 Å². The number of rotatable bonds is 7. The van der Waals surface area contributed by atoms with Crippen molar-refractivity contribution in [2.24, 2.45) is 0 Å². The van der Waals surface area contributed by atoms with Crippen molar-refractivity contribution in [1.82, 2.24) is 4.98 Å². The van der Waals surface area contributed by atoms with Gasteiger partial charge in [0.15, 0.2) is 10.9 Å². The zero-order valence-electron chi connectivity index (χ0n) is 15.6. The van der Waals surface area contributed by atoms with Crippen molar-refractivity contribution < 1.29 is 24.0 Å². The molecule has 1 N–H and O–H groups in total. The summed E-state index contributed by atoms with van der Waals surface area (Å²) in [6.07, 6.45) is 0. The number of nitrogens with zero attached hydrogens (tertiary/aromatic N) is 2. The van der Waals surface area contributed by atoms with E-state index in [1.165, 1.54) is 23.5 Å². The molecule has 3 rings (SSSR count). The molecule has 3 aromatic rings. The second kappa shape index (κ2) is 8.65. The molecular weight excluding hydrogens is 398 g/mol. The Morgan fingerprint density at radius 1 is 1.14 bits per heavy atom. The molecule has 0 aliphatic rings. The molecule has 1 amide bonds. The number of ether oxygens (including phenoxy) is 2. The van der Waals surface area contributed by atoms with Gasteiger partial charge in [0, 0.05) is 11.6 Å². The molecule has 1 aromatic heterocycles. The molecule has 0 atom stereocenters. The Labute approximate surface area is 169 Å². The van der Waals surface area contributed by atoms with E-state index < -0.39 is 16.8 Å². The van der Waals surface area contributed by atoms with Gasteiger partial charge in [-0.2, -0.15) is 0 Å². The number of nitro benzene ring substituents is 1. The minimum absolute atomic E-state index is 0.0977. The summed E-state index contributed by atoms with van der Waals surface area (Å²) in [6.45, 7) is 3.98. The van der Waals surface area contributed by atoms with Crippen LogP contribution in [0.3, 0.4) is 0 Å². The van der Waals surface area contributed by atoms with E-state index >= 15 is 0 Å². The van der Waals surface area contributed by atoms with Gasteiger partial charge < -0.3 is 9.47 Å². The van der Waals surface area contributed by atoms with E-state index in [0.29, 0.717) is 20.9 Å². The summed E-state index contributed by atoms with van der Waals surface area (Å²) in [5.41, 5.74) is 0.813. The summed E-state index contributed by atoms with van der Waals surface area (Å²) < 4.78 is 10.9. The van der Waals surface area contributed by atoms with Gasteiger partial charge in [-0.15, -0.1) is 0 Å². The molecule has 0 saturated carbocycles. The molecule has 0 radical (unpaired) electrons. The van der Waals surface area contributed by atoms with Crippen molar-refractivity contribution in [3.05, 3.63) is 57.6 Å². The predicted octanol–water partition coefficient (Wildman–Crippen LogP) is 4.03. The van der Waals surface area contributed by atoms with Crippen LogP contribution in [-0.2, 0) is 4.74 Å². The molecule has 9 nitrogen and oxygen atoms in total. The highest BCUT2D eigenvalue weighted by Gasteiger charge is 2.19. The zero-order chi connectivity index (χ0) is 21.0. The summed E-state index contributed by atoms with van der Waals surface area (Å²) in [7, 11) is 0. The molecule has 0 aliphatic carbocycles. The second-order valence-electron chi connectivity index (χ2n) is 5.75. The highest BCUT2D eigenvalue weighted by Crippen LogP contribution is 2.30. The maximum absolute atomic E-state index is 12.5. The van der Waals surface area contributed by atoms with E-state index in [1.807, 2.05) is 0 Å². The fourth-order valence-corrected chi connectivity index (χ4v) is 3.47. The topological polar surface area (TPSA) is 121 Å². The minimum Gasteiger partial charge on any atom is -0.487 e. The van der Waals surface area contributed by atoms with Crippen LogP contribution >= 0.6 is 11.3 Å².